The van der Waals surface area contributed by atoms with Crippen molar-refractivity contribution in [2.24, 2.45) is 0 Å². The van der Waals surface area contributed by atoms with Crippen molar-refractivity contribution < 1.29 is 31.7 Å². The third-order valence-corrected chi connectivity index (χ3v) is 0. The van der Waals surface area contributed by atoms with Crippen molar-refractivity contribution in [1.29, 1.82) is 0 Å². The minimum absolute atomic E-state index is 0.833. The van der Waals surface area contributed by atoms with Crippen molar-refractivity contribution in [1.82, 2.24) is 0 Å². The number of rotatable bonds is 0. The summed E-state index contributed by atoms with van der Waals surface area (Å²) in [5.74, 6) is -1.67. The summed E-state index contributed by atoms with van der Waals surface area (Å²) in [6.07, 6.45) is 0. The fourth-order valence-corrected chi connectivity index (χ4v) is 0. The Hall–Kier alpha value is 0.788. The second-order valence-corrected chi connectivity index (χ2v) is 26.8. The molecule has 0 saturated heterocycles. The van der Waals surface area contributed by atoms with E-state index in [9.17, 15) is 0 Å². The van der Waals surface area contributed by atoms with Gasteiger partial charge < -0.3 is 10.2 Å². The first-order valence-corrected chi connectivity index (χ1v) is 17.0. The van der Waals surface area contributed by atoms with Crippen LogP contribution in [0.3, 0.4) is 0 Å². The average molecular weight is 446 g/mol. The van der Waals surface area contributed by atoms with Gasteiger partial charge in [-0.25, -0.2) is 0 Å². The normalized spacial score (nSPS) is 9.69. The van der Waals surface area contributed by atoms with Crippen LogP contribution < -0.4 is 0 Å². The Labute approximate surface area is 94.6 Å². The summed E-state index contributed by atoms with van der Waals surface area (Å²) in [7, 11) is 20.1. The Balaban J connectivity index is -0.000000117. The quantitative estimate of drug-likeness (QED) is 0.601. The fraction of sp³-hybridized carbons (Fsp3) is 0.500. The molecule has 0 bridgehead atoms. The van der Waals surface area contributed by atoms with Gasteiger partial charge >= 0.3 is 49.6 Å². The van der Waals surface area contributed by atoms with Crippen molar-refractivity contribution in [3.63, 3.8) is 0 Å². The molecule has 0 saturated carbocycles. The summed E-state index contributed by atoms with van der Waals surface area (Å²) in [4.78, 5) is 18.0. The Kier molecular flexibility index (Phi) is 16.2. The molecule has 0 fully saturated rings. The Morgan fingerprint density at radius 3 is 0.923 bits per heavy atom. The van der Waals surface area contributed by atoms with Gasteiger partial charge in [-0.2, -0.15) is 0 Å². The molecular weight excluding hydrogens is 438 g/mol. The van der Waals surface area contributed by atoms with Crippen molar-refractivity contribution in [2.45, 2.75) is 13.8 Å². The van der Waals surface area contributed by atoms with Crippen LogP contribution in [-0.4, -0.2) is 22.2 Å². The first kappa shape index (κ1) is 19.4. The van der Waals surface area contributed by atoms with E-state index in [1.54, 1.807) is 0 Å². The molecule has 9 heteroatoms. The summed E-state index contributed by atoms with van der Waals surface area (Å²) in [6, 6.07) is 0. The molecule has 0 aliphatic carbocycles. The van der Waals surface area contributed by atoms with Crippen molar-refractivity contribution in [3.05, 3.63) is 0 Å². The number of halogens is 4. The molecule has 0 aromatic heterocycles. The summed E-state index contributed by atoms with van der Waals surface area (Å²) < 4.78 is 0. The number of hydrogen-bond donors (Lipinski definition) is 2. The zero-order chi connectivity index (χ0) is 11.7. The number of carboxylic acids is 2. The Morgan fingerprint density at radius 2 is 0.923 bits per heavy atom. The van der Waals surface area contributed by atoms with E-state index in [1.807, 2.05) is 0 Å². The minimum atomic E-state index is -3.28. The van der Waals surface area contributed by atoms with Crippen LogP contribution in [-0.2, 0) is 21.5 Å². The predicted molar refractivity (Wildman–Crippen MR) is 50.0 cm³/mol. The molecule has 0 aliphatic rings. The van der Waals surface area contributed by atoms with Crippen LogP contribution in [0.4, 0.5) is 0 Å². The standard InChI is InChI=1S/2C2H4O2.4ClH.W/c2*1-2(3)4;;;;;/h2*1H3,(H,3,4);4*1H;/q;;;;;;+4/p-4. The van der Waals surface area contributed by atoms with Gasteiger partial charge in [0, 0.05) is 13.8 Å². The first-order chi connectivity index (χ1) is 5.46. The first-order valence-electron chi connectivity index (χ1n) is 2.47. The van der Waals surface area contributed by atoms with Crippen LogP contribution in [0, 0.1) is 0 Å². The maximum absolute atomic E-state index is 9.00. The van der Waals surface area contributed by atoms with Crippen molar-refractivity contribution >= 4 is 49.6 Å². The van der Waals surface area contributed by atoms with E-state index < -0.39 is 23.8 Å². The van der Waals surface area contributed by atoms with Crippen molar-refractivity contribution in [3.8, 4) is 0 Å². The molecule has 0 radical (unpaired) electrons. The molecule has 0 aromatic rings. The SMILES string of the molecule is CC(=O)O.CC(=O)O.[Cl][W]([Cl])([Cl])[Cl]. The van der Waals surface area contributed by atoms with E-state index in [0.717, 1.165) is 13.8 Å². The van der Waals surface area contributed by atoms with Gasteiger partial charge in [0.2, 0.25) is 0 Å². The second-order valence-electron chi connectivity index (χ2n) is 1.39. The topological polar surface area (TPSA) is 74.6 Å². The van der Waals surface area contributed by atoms with Crippen LogP contribution in [0.1, 0.15) is 13.8 Å². The van der Waals surface area contributed by atoms with Gasteiger partial charge in [-0.15, -0.1) is 0 Å². The molecule has 0 heterocycles. The van der Waals surface area contributed by atoms with E-state index >= 15 is 0 Å². The molecule has 2 N–H and O–H groups in total. The van der Waals surface area contributed by atoms with E-state index in [2.05, 4.69) is 0 Å². The molecule has 0 unspecified atom stereocenters. The van der Waals surface area contributed by atoms with Crippen LogP contribution in [0.2, 0.25) is 0 Å². The molecular formula is C4H8Cl4O4W. The van der Waals surface area contributed by atoms with E-state index in [-0.39, 0.29) is 0 Å². The van der Waals surface area contributed by atoms with Gasteiger partial charge in [-0.3, -0.25) is 9.59 Å². The molecule has 0 aromatic carbocycles. The maximum atomic E-state index is 9.00. The van der Waals surface area contributed by atoms with Gasteiger partial charge in [0.05, 0.1) is 0 Å². The molecule has 13 heavy (non-hydrogen) atoms. The van der Waals surface area contributed by atoms with E-state index in [1.165, 1.54) is 0 Å². The molecule has 0 spiro atoms. The fourth-order valence-electron chi connectivity index (χ4n) is 0. The average Bonchev–Trinajstić information content (AvgIpc) is 1.50. The van der Waals surface area contributed by atoms with Gasteiger partial charge in [0.1, 0.15) is 0 Å². The monoisotopic (exact) mass is 444 g/mol. The van der Waals surface area contributed by atoms with Gasteiger partial charge in [-0.1, -0.05) is 0 Å². The summed E-state index contributed by atoms with van der Waals surface area (Å²) >= 11 is -3.28. The van der Waals surface area contributed by atoms with Gasteiger partial charge in [0.15, 0.2) is 0 Å². The summed E-state index contributed by atoms with van der Waals surface area (Å²) in [6.45, 7) is 2.17. The van der Waals surface area contributed by atoms with Crippen LogP contribution in [0.15, 0.2) is 0 Å². The Morgan fingerprint density at radius 1 is 0.923 bits per heavy atom. The van der Waals surface area contributed by atoms with Gasteiger partial charge in [0.25, 0.3) is 11.9 Å². The van der Waals surface area contributed by atoms with Gasteiger partial charge in [-0.05, 0) is 0 Å². The third kappa shape index (κ3) is 2400. The van der Waals surface area contributed by atoms with Crippen LogP contribution >= 0.6 is 37.7 Å². The predicted octanol–water partition coefficient (Wildman–Crippen LogP) is 2.94. The van der Waals surface area contributed by atoms with Crippen LogP contribution in [0.25, 0.3) is 0 Å². The zero-order valence-corrected chi connectivity index (χ0v) is 12.6. The van der Waals surface area contributed by atoms with Crippen molar-refractivity contribution in [2.75, 3.05) is 0 Å². The molecule has 4 nitrogen and oxygen atoms in total. The molecule has 0 amide bonds. The third-order valence-electron chi connectivity index (χ3n) is 0. The van der Waals surface area contributed by atoms with E-state index in [0.29, 0.717) is 0 Å². The molecule has 0 aliphatic heterocycles. The summed E-state index contributed by atoms with van der Waals surface area (Å²) in [5.41, 5.74) is 0. The molecule has 0 atom stereocenters. The second kappa shape index (κ2) is 10.9. The number of aliphatic carboxylic acids is 2. The summed E-state index contributed by atoms with van der Waals surface area (Å²) in [5, 5.41) is 14.8. The van der Waals surface area contributed by atoms with Crippen LogP contribution in [0.5, 0.6) is 0 Å². The Bertz CT molecular complexity index is 131. The molecule has 0 rings (SSSR count). The zero-order valence-electron chi connectivity index (χ0n) is 6.63. The van der Waals surface area contributed by atoms with E-state index in [4.69, 9.17) is 57.5 Å². The number of hydrogen-bond acceptors (Lipinski definition) is 2. The number of carboxylic acid groups (broad SMARTS) is 2. The number of carbonyl (C=O) groups is 2. The molecule has 82 valence electrons.